The Hall–Kier alpha value is -2.19. The minimum absolute atomic E-state index is 0.149. The van der Waals surface area contributed by atoms with Crippen LogP contribution in [0.4, 0.5) is 17.6 Å². The Morgan fingerprint density at radius 2 is 2.19 bits per heavy atom. The van der Waals surface area contributed by atoms with E-state index < -0.39 is 0 Å². The van der Waals surface area contributed by atoms with Gasteiger partial charge in [0.25, 0.3) is 0 Å². The molecule has 0 spiro atoms. The lowest BCUT2D eigenvalue weighted by Gasteiger charge is -2.30. The number of aromatic amines is 1. The number of nitrogens with zero attached hydrogens (tertiary/aromatic N) is 4. The fraction of sp³-hybridized carbons (Fsp3) is 0.500. The van der Waals surface area contributed by atoms with Gasteiger partial charge in [0.2, 0.25) is 5.95 Å². The van der Waals surface area contributed by atoms with E-state index in [-0.39, 0.29) is 12.1 Å². The van der Waals surface area contributed by atoms with E-state index in [1.165, 1.54) is 18.5 Å². The van der Waals surface area contributed by atoms with Gasteiger partial charge in [0.15, 0.2) is 11.6 Å². The van der Waals surface area contributed by atoms with Crippen LogP contribution in [0.3, 0.4) is 0 Å². The summed E-state index contributed by atoms with van der Waals surface area (Å²) >= 11 is 1.63. The van der Waals surface area contributed by atoms with Gasteiger partial charge in [-0.05, 0) is 43.0 Å². The van der Waals surface area contributed by atoms with Crippen molar-refractivity contribution >= 4 is 39.1 Å². The van der Waals surface area contributed by atoms with Gasteiger partial charge in [-0.25, -0.2) is 4.98 Å². The molecular formula is C18H20N6OS. The predicted molar refractivity (Wildman–Crippen MR) is 101 cm³/mol. The molecule has 2 saturated carbocycles. The number of hydrogen-bond acceptors (Lipinski definition) is 7. The van der Waals surface area contributed by atoms with Gasteiger partial charge in [0.1, 0.15) is 0 Å². The quantitative estimate of drug-likeness (QED) is 0.656. The summed E-state index contributed by atoms with van der Waals surface area (Å²) in [5.74, 6) is 3.51. The van der Waals surface area contributed by atoms with Crippen LogP contribution >= 0.6 is 11.3 Å². The number of fused-ring (bicyclic) bond motifs is 3. The number of piperidine rings is 1. The lowest BCUT2D eigenvalue weighted by Crippen LogP contribution is -2.42. The molecule has 1 saturated heterocycles. The van der Waals surface area contributed by atoms with Crippen LogP contribution in [0.2, 0.25) is 0 Å². The zero-order valence-electron chi connectivity index (χ0n) is 14.2. The molecular weight excluding hydrogens is 348 g/mol. The maximum atomic E-state index is 10.3. The van der Waals surface area contributed by atoms with E-state index in [1.807, 2.05) is 11.4 Å². The van der Waals surface area contributed by atoms with Gasteiger partial charge < -0.3 is 15.3 Å². The second-order valence-electron chi connectivity index (χ2n) is 7.74. The van der Waals surface area contributed by atoms with E-state index in [1.54, 1.807) is 11.3 Å². The Balaban J connectivity index is 1.37. The van der Waals surface area contributed by atoms with Crippen molar-refractivity contribution in [2.45, 2.75) is 43.7 Å². The van der Waals surface area contributed by atoms with Crippen molar-refractivity contribution in [2.24, 2.45) is 5.92 Å². The minimum atomic E-state index is -0.264. The number of thiophene rings is 1. The van der Waals surface area contributed by atoms with Crippen LogP contribution in [0, 0.1) is 5.92 Å². The Morgan fingerprint density at radius 3 is 3.00 bits per heavy atom. The topological polar surface area (TPSA) is 90.0 Å². The summed E-state index contributed by atoms with van der Waals surface area (Å²) in [4.78, 5) is 11.8. The molecule has 26 heavy (non-hydrogen) atoms. The van der Waals surface area contributed by atoms with Crippen LogP contribution in [-0.4, -0.2) is 44.0 Å². The van der Waals surface area contributed by atoms with Gasteiger partial charge in [-0.15, -0.1) is 11.3 Å². The zero-order chi connectivity index (χ0) is 17.3. The fourth-order valence-corrected chi connectivity index (χ4v) is 5.19. The van der Waals surface area contributed by atoms with E-state index in [0.717, 1.165) is 41.2 Å². The van der Waals surface area contributed by atoms with Crippen LogP contribution < -0.4 is 10.2 Å². The Bertz CT molecular complexity index is 979. The third-order valence-corrected chi connectivity index (χ3v) is 6.77. The second kappa shape index (κ2) is 5.40. The standard InChI is InChI=1S/C18H20N6OS/c25-14-6-9-5-13(14)24(8-9)18-19-11-3-4-26-16(11)17(21-18)20-15-7-12(22-23-15)10-1-2-10/h3-4,7,9-10,13-14,25H,1-2,5-6,8H2,(H2,19,20,21,22,23). The normalized spacial score (nSPS) is 27.6. The van der Waals surface area contributed by atoms with Gasteiger partial charge >= 0.3 is 0 Å². The monoisotopic (exact) mass is 368 g/mol. The molecule has 4 heterocycles. The molecule has 3 fully saturated rings. The molecule has 0 amide bonds. The third-order valence-electron chi connectivity index (χ3n) is 5.86. The number of rotatable bonds is 4. The Labute approximate surface area is 154 Å². The fourth-order valence-electron chi connectivity index (χ4n) is 4.41. The molecule has 3 aliphatic rings. The first kappa shape index (κ1) is 14.9. The second-order valence-corrected chi connectivity index (χ2v) is 8.66. The minimum Gasteiger partial charge on any atom is -0.391 e. The summed E-state index contributed by atoms with van der Waals surface area (Å²) in [5, 5.41) is 23.2. The highest BCUT2D eigenvalue weighted by molar-refractivity contribution is 7.17. The molecule has 0 radical (unpaired) electrons. The highest BCUT2D eigenvalue weighted by Crippen LogP contribution is 2.42. The summed E-state index contributed by atoms with van der Waals surface area (Å²) in [6.45, 7) is 0.936. The molecule has 134 valence electrons. The lowest BCUT2D eigenvalue weighted by molar-refractivity contribution is 0.146. The Kier molecular flexibility index (Phi) is 3.10. The number of hydrogen-bond donors (Lipinski definition) is 3. The molecule has 1 aliphatic heterocycles. The number of aliphatic hydroxyl groups excluding tert-OH is 1. The van der Waals surface area contributed by atoms with Crippen molar-refractivity contribution < 1.29 is 5.11 Å². The highest BCUT2D eigenvalue weighted by atomic mass is 32.1. The molecule has 8 heteroatoms. The molecule has 3 aromatic heterocycles. The zero-order valence-corrected chi connectivity index (χ0v) is 15.0. The van der Waals surface area contributed by atoms with Crippen molar-refractivity contribution in [1.29, 1.82) is 0 Å². The molecule has 3 N–H and O–H groups in total. The number of nitrogens with one attached hydrogen (secondary N) is 2. The van der Waals surface area contributed by atoms with Crippen LogP contribution in [0.25, 0.3) is 10.2 Å². The van der Waals surface area contributed by atoms with Gasteiger partial charge in [-0.3, -0.25) is 5.10 Å². The number of anilines is 3. The van der Waals surface area contributed by atoms with E-state index in [9.17, 15) is 5.11 Å². The van der Waals surface area contributed by atoms with Crippen molar-refractivity contribution in [3.05, 3.63) is 23.2 Å². The Morgan fingerprint density at radius 1 is 1.27 bits per heavy atom. The van der Waals surface area contributed by atoms with E-state index >= 15 is 0 Å². The largest absolute Gasteiger partial charge is 0.391 e. The van der Waals surface area contributed by atoms with Crippen molar-refractivity contribution in [3.63, 3.8) is 0 Å². The van der Waals surface area contributed by atoms with Gasteiger partial charge in [0.05, 0.1) is 22.4 Å². The van der Waals surface area contributed by atoms with Crippen LogP contribution in [0.5, 0.6) is 0 Å². The number of H-pyrrole nitrogens is 1. The molecule has 7 nitrogen and oxygen atoms in total. The first-order chi connectivity index (χ1) is 12.7. The van der Waals surface area contributed by atoms with E-state index in [2.05, 4.69) is 26.5 Å². The maximum Gasteiger partial charge on any atom is 0.228 e. The van der Waals surface area contributed by atoms with E-state index in [0.29, 0.717) is 17.8 Å². The number of aliphatic hydroxyl groups is 1. The molecule has 0 aromatic carbocycles. The van der Waals surface area contributed by atoms with Crippen LogP contribution in [0.1, 0.15) is 37.3 Å². The molecule has 2 bridgehead atoms. The van der Waals surface area contributed by atoms with Gasteiger partial charge in [-0.1, -0.05) is 0 Å². The van der Waals surface area contributed by atoms with E-state index in [4.69, 9.17) is 9.97 Å². The summed E-state index contributed by atoms with van der Waals surface area (Å²) in [6, 6.07) is 4.26. The number of aromatic nitrogens is 4. The van der Waals surface area contributed by atoms with Crippen molar-refractivity contribution in [1.82, 2.24) is 20.2 Å². The third kappa shape index (κ3) is 2.32. The SMILES string of the molecule is OC1CC2CC1N(c1nc(Nc3cc(C4CC4)[nH]n3)c3sccc3n1)C2. The average Bonchev–Trinajstić information content (AvgIpc) is 3.03. The molecule has 3 atom stereocenters. The van der Waals surface area contributed by atoms with Gasteiger partial charge in [-0.2, -0.15) is 10.1 Å². The first-order valence-corrected chi connectivity index (χ1v) is 10.1. The molecule has 6 rings (SSSR count). The van der Waals surface area contributed by atoms with Crippen LogP contribution in [-0.2, 0) is 0 Å². The molecule has 2 aliphatic carbocycles. The summed E-state index contributed by atoms with van der Waals surface area (Å²) in [7, 11) is 0. The smallest absolute Gasteiger partial charge is 0.228 e. The predicted octanol–water partition coefficient (Wildman–Crippen LogP) is 2.99. The lowest BCUT2D eigenvalue weighted by atomic mass is 10.1. The van der Waals surface area contributed by atoms with Gasteiger partial charge in [0, 0.05) is 24.2 Å². The average molecular weight is 368 g/mol. The highest BCUT2D eigenvalue weighted by Gasteiger charge is 2.45. The van der Waals surface area contributed by atoms with Crippen molar-refractivity contribution in [2.75, 3.05) is 16.8 Å². The van der Waals surface area contributed by atoms with Crippen LogP contribution in [0.15, 0.2) is 17.5 Å². The summed E-state index contributed by atoms with van der Waals surface area (Å²) < 4.78 is 1.04. The summed E-state index contributed by atoms with van der Waals surface area (Å²) in [5.41, 5.74) is 2.14. The maximum absolute atomic E-state index is 10.3. The molecule has 3 aromatic rings. The first-order valence-electron chi connectivity index (χ1n) is 9.27. The molecule has 3 unspecified atom stereocenters. The van der Waals surface area contributed by atoms with Crippen molar-refractivity contribution in [3.8, 4) is 0 Å². The summed E-state index contributed by atoms with van der Waals surface area (Å²) in [6.07, 6.45) is 4.17.